The summed E-state index contributed by atoms with van der Waals surface area (Å²) < 4.78 is 18.0. The maximum atomic E-state index is 13.0. The third kappa shape index (κ3) is 6.14. The molecule has 0 heterocycles. The fraction of sp³-hybridized carbons (Fsp3) is 0.600. The monoisotopic (exact) mass is 269 g/mol. The molecule has 1 aromatic rings. The number of halogens is 1. The highest BCUT2D eigenvalue weighted by Gasteiger charge is 2.21. The summed E-state index contributed by atoms with van der Waals surface area (Å²) in [7, 11) is 1.66. The normalized spacial score (nSPS) is 14.4. The first-order chi connectivity index (χ1) is 8.94. The van der Waals surface area contributed by atoms with Gasteiger partial charge in [-0.25, -0.2) is 4.39 Å². The van der Waals surface area contributed by atoms with Crippen LogP contribution in [0.25, 0.3) is 0 Å². The van der Waals surface area contributed by atoms with Crippen molar-refractivity contribution in [2.75, 3.05) is 26.8 Å². The van der Waals surface area contributed by atoms with Crippen molar-refractivity contribution in [3.63, 3.8) is 0 Å². The number of hydrogen-bond acceptors (Lipinski definition) is 3. The molecule has 2 N–H and O–H groups in total. The largest absolute Gasteiger partial charge is 0.390 e. The zero-order valence-corrected chi connectivity index (χ0v) is 12.0. The number of ether oxygens (including phenoxy) is 1. The molecule has 0 aliphatic rings. The highest BCUT2D eigenvalue weighted by Crippen LogP contribution is 2.20. The van der Waals surface area contributed by atoms with Gasteiger partial charge in [0, 0.05) is 20.1 Å². The fourth-order valence-electron chi connectivity index (χ4n) is 2.01. The van der Waals surface area contributed by atoms with Gasteiger partial charge in [-0.3, -0.25) is 0 Å². The van der Waals surface area contributed by atoms with Crippen molar-refractivity contribution in [3.05, 3.63) is 35.1 Å². The van der Waals surface area contributed by atoms with Gasteiger partial charge in [-0.2, -0.15) is 0 Å². The zero-order valence-electron chi connectivity index (χ0n) is 12.0. The third-order valence-corrected chi connectivity index (χ3v) is 3.20. The lowest BCUT2D eigenvalue weighted by Gasteiger charge is -2.24. The second-order valence-electron chi connectivity index (χ2n) is 5.24. The summed E-state index contributed by atoms with van der Waals surface area (Å²) in [5, 5.41) is 13.6. The molecule has 108 valence electrons. The lowest BCUT2D eigenvalue weighted by atomic mass is 9.91. The standard InChI is InChI=1S/C15H24FNO2/c1-12-10-14(16)5-4-13(12)11-15(2,18)6-7-17-8-9-19-3/h4-5,10,17-18H,6-9,11H2,1-3H3. The average Bonchev–Trinajstić information content (AvgIpc) is 2.32. The molecule has 0 saturated carbocycles. The number of methoxy groups -OCH3 is 1. The Morgan fingerprint density at radius 2 is 2.11 bits per heavy atom. The molecule has 1 aromatic carbocycles. The molecule has 0 aliphatic carbocycles. The molecule has 0 spiro atoms. The quantitative estimate of drug-likeness (QED) is 0.710. The molecule has 0 aliphatic heterocycles. The van der Waals surface area contributed by atoms with E-state index in [1.54, 1.807) is 13.2 Å². The molecular weight excluding hydrogens is 245 g/mol. The fourth-order valence-corrected chi connectivity index (χ4v) is 2.01. The lowest BCUT2D eigenvalue weighted by molar-refractivity contribution is 0.0508. The molecule has 3 nitrogen and oxygen atoms in total. The summed E-state index contributed by atoms with van der Waals surface area (Å²) in [6, 6.07) is 4.69. The minimum Gasteiger partial charge on any atom is -0.390 e. The van der Waals surface area contributed by atoms with E-state index >= 15 is 0 Å². The number of rotatable bonds is 8. The number of hydrogen-bond donors (Lipinski definition) is 2. The Kier molecular flexibility index (Phi) is 6.42. The molecule has 0 fully saturated rings. The minimum absolute atomic E-state index is 0.234. The Hall–Kier alpha value is -0.970. The van der Waals surface area contributed by atoms with E-state index in [0.29, 0.717) is 19.4 Å². The molecule has 0 radical (unpaired) electrons. The first-order valence-corrected chi connectivity index (χ1v) is 6.62. The summed E-state index contributed by atoms with van der Waals surface area (Å²) in [5.74, 6) is -0.234. The van der Waals surface area contributed by atoms with Crippen LogP contribution in [0.2, 0.25) is 0 Å². The molecule has 0 saturated heterocycles. The van der Waals surface area contributed by atoms with Crippen LogP contribution in [-0.2, 0) is 11.2 Å². The first-order valence-electron chi connectivity index (χ1n) is 6.62. The van der Waals surface area contributed by atoms with E-state index in [9.17, 15) is 9.50 Å². The summed E-state index contributed by atoms with van der Waals surface area (Å²) >= 11 is 0. The highest BCUT2D eigenvalue weighted by atomic mass is 19.1. The van der Waals surface area contributed by atoms with Crippen molar-refractivity contribution in [3.8, 4) is 0 Å². The van der Waals surface area contributed by atoms with E-state index in [4.69, 9.17) is 4.74 Å². The van der Waals surface area contributed by atoms with Crippen LogP contribution in [0.15, 0.2) is 18.2 Å². The van der Waals surface area contributed by atoms with Crippen molar-refractivity contribution >= 4 is 0 Å². The van der Waals surface area contributed by atoms with Gasteiger partial charge in [0.15, 0.2) is 0 Å². The van der Waals surface area contributed by atoms with Crippen molar-refractivity contribution in [1.29, 1.82) is 0 Å². The number of aryl methyl sites for hydroxylation is 1. The Balaban J connectivity index is 2.44. The van der Waals surface area contributed by atoms with Crippen molar-refractivity contribution < 1.29 is 14.2 Å². The van der Waals surface area contributed by atoms with Gasteiger partial charge < -0.3 is 15.2 Å². The van der Waals surface area contributed by atoms with Gasteiger partial charge in [-0.15, -0.1) is 0 Å². The Morgan fingerprint density at radius 1 is 1.37 bits per heavy atom. The van der Waals surface area contributed by atoms with Crippen LogP contribution < -0.4 is 5.32 Å². The number of nitrogens with one attached hydrogen (secondary N) is 1. The second kappa shape index (κ2) is 7.58. The van der Waals surface area contributed by atoms with Crippen LogP contribution in [0, 0.1) is 12.7 Å². The predicted octanol–water partition coefficient (Wildman–Crippen LogP) is 2.05. The Morgan fingerprint density at radius 3 is 2.74 bits per heavy atom. The Labute approximate surface area is 114 Å². The zero-order chi connectivity index (χ0) is 14.3. The number of aliphatic hydroxyl groups is 1. The SMILES string of the molecule is COCCNCCC(C)(O)Cc1ccc(F)cc1C. The maximum absolute atomic E-state index is 13.0. The van der Waals surface area contributed by atoms with Gasteiger partial charge >= 0.3 is 0 Å². The topological polar surface area (TPSA) is 41.5 Å². The lowest BCUT2D eigenvalue weighted by Crippen LogP contribution is -2.33. The van der Waals surface area contributed by atoms with E-state index in [1.165, 1.54) is 12.1 Å². The van der Waals surface area contributed by atoms with Gasteiger partial charge in [0.1, 0.15) is 5.82 Å². The van der Waals surface area contributed by atoms with Crippen LogP contribution in [0.4, 0.5) is 4.39 Å². The van der Waals surface area contributed by atoms with Crippen LogP contribution in [0.1, 0.15) is 24.5 Å². The van der Waals surface area contributed by atoms with E-state index in [0.717, 1.165) is 24.2 Å². The van der Waals surface area contributed by atoms with Crippen molar-refractivity contribution in [2.45, 2.75) is 32.3 Å². The van der Waals surface area contributed by atoms with Gasteiger partial charge in [-0.1, -0.05) is 6.07 Å². The average molecular weight is 269 g/mol. The van der Waals surface area contributed by atoms with E-state index < -0.39 is 5.60 Å². The van der Waals surface area contributed by atoms with Crippen molar-refractivity contribution in [1.82, 2.24) is 5.32 Å². The van der Waals surface area contributed by atoms with E-state index in [2.05, 4.69) is 5.32 Å². The third-order valence-electron chi connectivity index (χ3n) is 3.20. The van der Waals surface area contributed by atoms with Gasteiger partial charge in [-0.05, 0) is 50.1 Å². The Bertz CT molecular complexity index is 394. The molecule has 1 atom stereocenters. The smallest absolute Gasteiger partial charge is 0.123 e. The van der Waals surface area contributed by atoms with Crippen LogP contribution in [0.3, 0.4) is 0 Å². The number of benzene rings is 1. The molecule has 0 bridgehead atoms. The van der Waals surface area contributed by atoms with Gasteiger partial charge in [0.25, 0.3) is 0 Å². The maximum Gasteiger partial charge on any atom is 0.123 e. The summed E-state index contributed by atoms with van der Waals surface area (Å²) in [6.45, 7) is 5.86. The van der Waals surface area contributed by atoms with E-state index in [-0.39, 0.29) is 5.82 Å². The summed E-state index contributed by atoms with van der Waals surface area (Å²) in [4.78, 5) is 0. The van der Waals surface area contributed by atoms with Crippen LogP contribution in [-0.4, -0.2) is 37.5 Å². The molecule has 1 unspecified atom stereocenters. The minimum atomic E-state index is -0.789. The first kappa shape index (κ1) is 16.1. The second-order valence-corrected chi connectivity index (χ2v) is 5.24. The van der Waals surface area contributed by atoms with Crippen LogP contribution >= 0.6 is 0 Å². The summed E-state index contributed by atoms with van der Waals surface area (Å²) in [5.41, 5.74) is 1.08. The molecule has 19 heavy (non-hydrogen) atoms. The highest BCUT2D eigenvalue weighted by molar-refractivity contribution is 5.27. The van der Waals surface area contributed by atoms with Crippen molar-refractivity contribution in [2.24, 2.45) is 0 Å². The molecule has 0 amide bonds. The molecule has 1 rings (SSSR count). The molecular formula is C15H24FNO2. The van der Waals surface area contributed by atoms with Gasteiger partial charge in [0.2, 0.25) is 0 Å². The molecule has 0 aromatic heterocycles. The van der Waals surface area contributed by atoms with Crippen LogP contribution in [0.5, 0.6) is 0 Å². The van der Waals surface area contributed by atoms with E-state index in [1.807, 2.05) is 13.8 Å². The predicted molar refractivity (Wildman–Crippen MR) is 74.8 cm³/mol. The summed E-state index contributed by atoms with van der Waals surface area (Å²) in [6.07, 6.45) is 1.18. The van der Waals surface area contributed by atoms with Gasteiger partial charge in [0.05, 0.1) is 12.2 Å². The molecule has 4 heteroatoms.